The molecule has 0 unspecified atom stereocenters. The van der Waals surface area contributed by atoms with Crippen molar-refractivity contribution in [3.05, 3.63) is 29.3 Å². The van der Waals surface area contributed by atoms with E-state index in [1.165, 1.54) is 18.2 Å². The first-order chi connectivity index (χ1) is 7.95. The van der Waals surface area contributed by atoms with Gasteiger partial charge in [-0.2, -0.15) is 0 Å². The van der Waals surface area contributed by atoms with E-state index < -0.39 is 15.9 Å². The summed E-state index contributed by atoms with van der Waals surface area (Å²) >= 11 is 5.69. The molecule has 0 saturated carbocycles. The second-order valence-electron chi connectivity index (χ2n) is 3.59. The van der Waals surface area contributed by atoms with Gasteiger partial charge >= 0.3 is 0 Å². The lowest BCUT2D eigenvalue weighted by Crippen LogP contribution is -2.30. The minimum Gasteiger partial charge on any atom is -0.274 e. The van der Waals surface area contributed by atoms with Crippen molar-refractivity contribution in [3.63, 3.8) is 0 Å². The monoisotopic (exact) mass is 275 g/mol. The largest absolute Gasteiger partial charge is 0.274 e. The predicted octanol–water partition coefficient (Wildman–Crippen LogP) is 2.34. The predicted molar refractivity (Wildman–Crippen MR) is 66.3 cm³/mol. The van der Waals surface area contributed by atoms with Crippen molar-refractivity contribution in [1.29, 1.82) is 0 Å². The number of carbonyl (C=O) groups is 1. The van der Waals surface area contributed by atoms with Crippen molar-refractivity contribution in [2.45, 2.75) is 31.1 Å². The normalized spacial score (nSPS) is 11.2. The molecule has 4 nitrogen and oxygen atoms in total. The Labute approximate surface area is 106 Å². The molecule has 1 amide bonds. The number of hydrogen-bond donors (Lipinski definition) is 1. The fraction of sp³-hybridized carbons (Fsp3) is 0.364. The summed E-state index contributed by atoms with van der Waals surface area (Å²) in [5, 5.41) is 0.314. The molecule has 94 valence electrons. The Morgan fingerprint density at radius 3 is 2.71 bits per heavy atom. The van der Waals surface area contributed by atoms with Crippen molar-refractivity contribution < 1.29 is 13.2 Å². The van der Waals surface area contributed by atoms with Gasteiger partial charge in [-0.25, -0.2) is 13.1 Å². The lowest BCUT2D eigenvalue weighted by molar-refractivity contribution is -0.119. The molecule has 1 aromatic rings. The molecule has 0 aliphatic heterocycles. The molecule has 0 aliphatic carbocycles. The highest BCUT2D eigenvalue weighted by molar-refractivity contribution is 7.90. The number of halogens is 1. The maximum Gasteiger partial charge on any atom is 0.264 e. The van der Waals surface area contributed by atoms with Crippen molar-refractivity contribution in [1.82, 2.24) is 4.72 Å². The summed E-state index contributed by atoms with van der Waals surface area (Å²) in [6.07, 6.45) is 1.71. The molecule has 0 saturated heterocycles. The first-order valence-corrected chi connectivity index (χ1v) is 7.13. The molecule has 1 aromatic carbocycles. The molecule has 0 aliphatic rings. The SMILES string of the molecule is CCCCC(=O)NS(=O)(=O)c1cccc(Cl)c1. The van der Waals surface area contributed by atoms with Crippen molar-refractivity contribution >= 4 is 27.5 Å². The Hall–Kier alpha value is -1.07. The number of benzene rings is 1. The van der Waals surface area contributed by atoms with Gasteiger partial charge in [-0.3, -0.25) is 4.79 Å². The summed E-state index contributed by atoms with van der Waals surface area (Å²) in [5.41, 5.74) is 0. The average molecular weight is 276 g/mol. The van der Waals surface area contributed by atoms with Crippen LogP contribution < -0.4 is 4.72 Å². The summed E-state index contributed by atoms with van der Waals surface area (Å²) in [6.45, 7) is 1.93. The zero-order chi connectivity index (χ0) is 12.9. The molecule has 0 fully saturated rings. The van der Waals surface area contributed by atoms with Gasteiger partial charge < -0.3 is 0 Å². The van der Waals surface area contributed by atoms with E-state index in [9.17, 15) is 13.2 Å². The van der Waals surface area contributed by atoms with Gasteiger partial charge in [0.1, 0.15) is 0 Å². The Bertz CT molecular complexity index is 499. The number of hydrogen-bond acceptors (Lipinski definition) is 3. The van der Waals surface area contributed by atoms with Crippen LogP contribution in [0, 0.1) is 0 Å². The summed E-state index contributed by atoms with van der Waals surface area (Å²) in [5.74, 6) is -0.494. The Morgan fingerprint density at radius 1 is 1.41 bits per heavy atom. The fourth-order valence-electron chi connectivity index (χ4n) is 1.23. The van der Waals surface area contributed by atoms with Gasteiger partial charge in [0.05, 0.1) is 4.90 Å². The number of amides is 1. The van der Waals surface area contributed by atoms with Crippen molar-refractivity contribution in [3.8, 4) is 0 Å². The van der Waals surface area contributed by atoms with Gasteiger partial charge in [0.2, 0.25) is 5.91 Å². The molecular formula is C11H14ClNO3S. The minimum atomic E-state index is -3.80. The molecule has 1 N–H and O–H groups in total. The number of unbranched alkanes of at least 4 members (excludes halogenated alkanes) is 1. The second-order valence-corrected chi connectivity index (χ2v) is 5.71. The molecule has 0 aromatic heterocycles. The van der Waals surface area contributed by atoms with E-state index in [1.807, 2.05) is 11.6 Å². The van der Waals surface area contributed by atoms with Gasteiger partial charge in [-0.05, 0) is 24.6 Å². The number of sulfonamides is 1. The lowest BCUT2D eigenvalue weighted by atomic mass is 10.2. The fourth-order valence-corrected chi connectivity index (χ4v) is 2.55. The molecule has 6 heteroatoms. The summed E-state index contributed by atoms with van der Waals surface area (Å²) in [7, 11) is -3.80. The highest BCUT2D eigenvalue weighted by atomic mass is 35.5. The highest BCUT2D eigenvalue weighted by Crippen LogP contribution is 2.15. The van der Waals surface area contributed by atoms with Crippen LogP contribution in [-0.2, 0) is 14.8 Å². The van der Waals surface area contributed by atoms with Crippen LogP contribution in [0.3, 0.4) is 0 Å². The molecule has 1 rings (SSSR count). The van der Waals surface area contributed by atoms with Crippen LogP contribution in [0.5, 0.6) is 0 Å². The summed E-state index contributed by atoms with van der Waals surface area (Å²) in [6, 6.07) is 5.78. The number of carbonyl (C=O) groups excluding carboxylic acids is 1. The van der Waals surface area contributed by atoms with Crippen LogP contribution in [-0.4, -0.2) is 14.3 Å². The zero-order valence-electron chi connectivity index (χ0n) is 9.44. The van der Waals surface area contributed by atoms with E-state index in [4.69, 9.17) is 11.6 Å². The van der Waals surface area contributed by atoms with Crippen LogP contribution in [0.15, 0.2) is 29.2 Å². The summed E-state index contributed by atoms with van der Waals surface area (Å²) in [4.78, 5) is 11.3. The molecule has 0 heterocycles. The quantitative estimate of drug-likeness (QED) is 0.897. The molecule has 0 radical (unpaired) electrons. The van der Waals surface area contributed by atoms with Gasteiger partial charge in [0, 0.05) is 11.4 Å². The zero-order valence-corrected chi connectivity index (χ0v) is 11.0. The third kappa shape index (κ3) is 4.36. The maximum atomic E-state index is 11.8. The highest BCUT2D eigenvalue weighted by Gasteiger charge is 2.17. The molecule has 0 bridgehead atoms. The van der Waals surface area contributed by atoms with Crippen molar-refractivity contribution in [2.75, 3.05) is 0 Å². The van der Waals surface area contributed by atoms with E-state index in [0.717, 1.165) is 6.42 Å². The summed E-state index contributed by atoms with van der Waals surface area (Å²) < 4.78 is 25.5. The number of nitrogens with one attached hydrogen (secondary N) is 1. The molecule has 17 heavy (non-hydrogen) atoms. The van der Waals surface area contributed by atoms with Gasteiger partial charge in [0.15, 0.2) is 0 Å². The second kappa shape index (κ2) is 6.02. The Balaban J connectivity index is 2.79. The smallest absolute Gasteiger partial charge is 0.264 e. The maximum absolute atomic E-state index is 11.8. The average Bonchev–Trinajstić information content (AvgIpc) is 2.26. The Kier molecular flexibility index (Phi) is 4.96. The van der Waals surface area contributed by atoms with Crippen LogP contribution >= 0.6 is 11.6 Å². The molecule has 0 atom stereocenters. The van der Waals surface area contributed by atoms with Gasteiger partial charge in [-0.15, -0.1) is 0 Å². The third-order valence-electron chi connectivity index (χ3n) is 2.11. The van der Waals surface area contributed by atoms with E-state index >= 15 is 0 Å². The number of rotatable bonds is 5. The molecular weight excluding hydrogens is 262 g/mol. The van der Waals surface area contributed by atoms with Crippen LogP contribution in [0.25, 0.3) is 0 Å². The minimum absolute atomic E-state index is 0.00477. The molecule has 0 spiro atoms. The van der Waals surface area contributed by atoms with Crippen LogP contribution in [0.2, 0.25) is 5.02 Å². The van der Waals surface area contributed by atoms with E-state index in [1.54, 1.807) is 6.07 Å². The lowest BCUT2D eigenvalue weighted by Gasteiger charge is -2.06. The Morgan fingerprint density at radius 2 is 2.12 bits per heavy atom. The van der Waals surface area contributed by atoms with Crippen molar-refractivity contribution in [2.24, 2.45) is 0 Å². The third-order valence-corrected chi connectivity index (χ3v) is 3.72. The van der Waals surface area contributed by atoms with Gasteiger partial charge in [0.25, 0.3) is 10.0 Å². The van der Waals surface area contributed by atoms with Gasteiger partial charge in [-0.1, -0.05) is 31.0 Å². The van der Waals surface area contributed by atoms with Crippen LogP contribution in [0.1, 0.15) is 26.2 Å². The first-order valence-electron chi connectivity index (χ1n) is 5.27. The first kappa shape index (κ1) is 14.0. The topological polar surface area (TPSA) is 63.2 Å². The van der Waals surface area contributed by atoms with E-state index in [2.05, 4.69) is 0 Å². The van der Waals surface area contributed by atoms with E-state index in [0.29, 0.717) is 11.4 Å². The standard InChI is InChI=1S/C11H14ClNO3S/c1-2-3-7-11(14)13-17(15,16)10-6-4-5-9(12)8-10/h4-6,8H,2-3,7H2,1H3,(H,13,14). The van der Waals surface area contributed by atoms with E-state index in [-0.39, 0.29) is 11.3 Å². The van der Waals surface area contributed by atoms with Crippen LogP contribution in [0.4, 0.5) is 0 Å².